The van der Waals surface area contributed by atoms with E-state index < -0.39 is 0 Å². The molecule has 1 saturated heterocycles. The second-order valence-electron chi connectivity index (χ2n) is 6.28. The van der Waals surface area contributed by atoms with E-state index >= 15 is 0 Å². The molecule has 0 spiro atoms. The summed E-state index contributed by atoms with van der Waals surface area (Å²) in [5.41, 5.74) is 3.19. The highest BCUT2D eigenvalue weighted by Gasteiger charge is 2.18. The second-order valence-corrected chi connectivity index (χ2v) is 6.28. The van der Waals surface area contributed by atoms with Crippen LogP contribution in [0.5, 0.6) is 5.75 Å². The molecule has 6 nitrogen and oxygen atoms in total. The van der Waals surface area contributed by atoms with Crippen LogP contribution in [-0.2, 0) is 4.79 Å². The van der Waals surface area contributed by atoms with E-state index in [1.165, 1.54) is 0 Å². The molecule has 1 N–H and O–H groups in total. The van der Waals surface area contributed by atoms with E-state index in [1.54, 1.807) is 18.1 Å². The van der Waals surface area contributed by atoms with Crippen LogP contribution >= 0.6 is 0 Å². The first-order valence-electron chi connectivity index (χ1n) is 8.61. The summed E-state index contributed by atoms with van der Waals surface area (Å²) >= 11 is 0. The lowest BCUT2D eigenvalue weighted by Gasteiger charge is -2.34. The molecule has 1 fully saturated rings. The number of nitrogens with zero attached hydrogens (tertiary/aromatic N) is 2. The van der Waals surface area contributed by atoms with Gasteiger partial charge in [0.25, 0.3) is 5.91 Å². The normalized spacial score (nSPS) is 14.1. The monoisotopic (exact) mass is 353 g/mol. The number of methoxy groups -OCH3 is 1. The predicted molar refractivity (Wildman–Crippen MR) is 102 cm³/mol. The molecule has 0 atom stereocenters. The van der Waals surface area contributed by atoms with Gasteiger partial charge < -0.3 is 19.9 Å². The van der Waals surface area contributed by atoms with Crippen LogP contribution in [0, 0.1) is 6.92 Å². The van der Waals surface area contributed by atoms with Crippen molar-refractivity contribution < 1.29 is 14.3 Å². The van der Waals surface area contributed by atoms with Crippen molar-refractivity contribution in [1.82, 2.24) is 4.90 Å². The molecule has 136 valence electrons. The average molecular weight is 353 g/mol. The van der Waals surface area contributed by atoms with E-state index in [0.717, 1.165) is 30.8 Å². The maximum Gasteiger partial charge on any atom is 0.256 e. The number of carbonyl (C=O) groups is 2. The van der Waals surface area contributed by atoms with Gasteiger partial charge in [0.05, 0.1) is 12.8 Å². The lowest BCUT2D eigenvalue weighted by Crippen LogP contribution is -2.45. The maximum absolute atomic E-state index is 12.6. The molecule has 0 saturated carbocycles. The highest BCUT2D eigenvalue weighted by Crippen LogP contribution is 2.30. The third-order valence-electron chi connectivity index (χ3n) is 4.65. The minimum Gasteiger partial charge on any atom is -0.495 e. The van der Waals surface area contributed by atoms with Crippen molar-refractivity contribution in [3.05, 3.63) is 53.6 Å². The van der Waals surface area contributed by atoms with Gasteiger partial charge in [-0.15, -0.1) is 0 Å². The first-order chi connectivity index (χ1) is 12.6. The lowest BCUT2D eigenvalue weighted by atomic mass is 10.1. The standard InChI is InChI=1S/C20H23N3O3/c1-15-5-3-4-6-17(15)20(25)21-18-13-16(7-8-19(18)26-2)23-11-9-22(14-24)10-12-23/h3-8,13-14H,9-12H2,1-2H3,(H,21,25). The van der Waals surface area contributed by atoms with E-state index in [4.69, 9.17) is 4.74 Å². The smallest absolute Gasteiger partial charge is 0.256 e. The van der Waals surface area contributed by atoms with Crippen molar-refractivity contribution in [2.75, 3.05) is 43.5 Å². The van der Waals surface area contributed by atoms with Gasteiger partial charge in [-0.2, -0.15) is 0 Å². The zero-order chi connectivity index (χ0) is 18.5. The number of aryl methyl sites for hydroxylation is 1. The van der Waals surface area contributed by atoms with Crippen LogP contribution in [0.15, 0.2) is 42.5 Å². The fourth-order valence-corrected chi connectivity index (χ4v) is 3.09. The van der Waals surface area contributed by atoms with Crippen LogP contribution in [0.1, 0.15) is 15.9 Å². The molecule has 1 aliphatic heterocycles. The summed E-state index contributed by atoms with van der Waals surface area (Å²) in [4.78, 5) is 27.5. The minimum atomic E-state index is -0.163. The number of carbonyl (C=O) groups excluding carboxylic acids is 2. The molecule has 0 radical (unpaired) electrons. The van der Waals surface area contributed by atoms with Gasteiger partial charge in [0.1, 0.15) is 5.75 Å². The molecule has 1 heterocycles. The topological polar surface area (TPSA) is 61.9 Å². The summed E-state index contributed by atoms with van der Waals surface area (Å²) in [7, 11) is 1.58. The van der Waals surface area contributed by atoms with E-state index in [9.17, 15) is 9.59 Å². The predicted octanol–water partition coefficient (Wildman–Crippen LogP) is 2.53. The SMILES string of the molecule is COc1ccc(N2CCN(C=O)CC2)cc1NC(=O)c1ccccc1C. The molecule has 1 aliphatic rings. The van der Waals surface area contributed by atoms with Gasteiger partial charge in [-0.1, -0.05) is 18.2 Å². The number of rotatable bonds is 5. The molecular weight excluding hydrogens is 330 g/mol. The van der Waals surface area contributed by atoms with Crippen LogP contribution in [-0.4, -0.2) is 50.5 Å². The van der Waals surface area contributed by atoms with E-state index in [0.29, 0.717) is 30.1 Å². The molecule has 2 amide bonds. The second kappa shape index (κ2) is 7.91. The highest BCUT2D eigenvalue weighted by atomic mass is 16.5. The number of piperazine rings is 1. The number of nitrogens with one attached hydrogen (secondary N) is 1. The highest BCUT2D eigenvalue weighted by molar-refractivity contribution is 6.06. The Labute approximate surface area is 153 Å². The minimum absolute atomic E-state index is 0.163. The Hall–Kier alpha value is -3.02. The summed E-state index contributed by atoms with van der Waals surface area (Å²) in [6.45, 7) is 4.82. The third kappa shape index (κ3) is 3.79. The molecular formula is C20H23N3O3. The van der Waals surface area contributed by atoms with Crippen molar-refractivity contribution >= 4 is 23.7 Å². The van der Waals surface area contributed by atoms with Crippen LogP contribution in [0.4, 0.5) is 11.4 Å². The quantitative estimate of drug-likeness (QED) is 0.839. The molecule has 26 heavy (non-hydrogen) atoms. The first kappa shape index (κ1) is 17.8. The summed E-state index contributed by atoms with van der Waals surface area (Å²) < 4.78 is 5.40. The number of benzene rings is 2. The van der Waals surface area contributed by atoms with Crippen molar-refractivity contribution in [3.8, 4) is 5.75 Å². The average Bonchev–Trinajstić information content (AvgIpc) is 2.68. The molecule has 0 unspecified atom stereocenters. The van der Waals surface area contributed by atoms with Gasteiger partial charge in [0, 0.05) is 37.4 Å². The molecule has 6 heteroatoms. The number of anilines is 2. The molecule has 2 aromatic rings. The first-order valence-corrected chi connectivity index (χ1v) is 8.61. The Morgan fingerprint density at radius 2 is 1.85 bits per heavy atom. The zero-order valence-electron chi connectivity index (χ0n) is 15.1. The summed E-state index contributed by atoms with van der Waals surface area (Å²) in [5, 5.41) is 2.96. The third-order valence-corrected chi connectivity index (χ3v) is 4.65. The number of hydrogen-bond donors (Lipinski definition) is 1. The van der Waals surface area contributed by atoms with Crippen LogP contribution in [0.25, 0.3) is 0 Å². The van der Waals surface area contributed by atoms with Gasteiger partial charge in [0.2, 0.25) is 6.41 Å². The van der Waals surface area contributed by atoms with Gasteiger partial charge in [0.15, 0.2) is 0 Å². The van der Waals surface area contributed by atoms with Gasteiger partial charge in [-0.05, 0) is 36.8 Å². The molecule has 0 bridgehead atoms. The summed E-state index contributed by atoms with van der Waals surface area (Å²) in [6.07, 6.45) is 0.888. The summed E-state index contributed by atoms with van der Waals surface area (Å²) in [5.74, 6) is 0.450. The van der Waals surface area contributed by atoms with Crippen LogP contribution in [0.2, 0.25) is 0 Å². The van der Waals surface area contributed by atoms with E-state index in [-0.39, 0.29) is 5.91 Å². The molecule has 0 aliphatic carbocycles. The van der Waals surface area contributed by atoms with Crippen molar-refractivity contribution in [2.24, 2.45) is 0 Å². The van der Waals surface area contributed by atoms with Crippen molar-refractivity contribution in [3.63, 3.8) is 0 Å². The maximum atomic E-state index is 12.6. The van der Waals surface area contributed by atoms with Crippen LogP contribution in [0.3, 0.4) is 0 Å². The van der Waals surface area contributed by atoms with Crippen LogP contribution < -0.4 is 15.0 Å². The Bertz CT molecular complexity index is 799. The Morgan fingerprint density at radius 1 is 1.12 bits per heavy atom. The Balaban J connectivity index is 1.81. The largest absolute Gasteiger partial charge is 0.495 e. The number of ether oxygens (including phenoxy) is 1. The Kier molecular flexibility index (Phi) is 5.41. The zero-order valence-corrected chi connectivity index (χ0v) is 15.1. The molecule has 2 aromatic carbocycles. The lowest BCUT2D eigenvalue weighted by molar-refractivity contribution is -0.118. The van der Waals surface area contributed by atoms with Gasteiger partial charge >= 0.3 is 0 Å². The fourth-order valence-electron chi connectivity index (χ4n) is 3.09. The number of hydrogen-bond acceptors (Lipinski definition) is 4. The van der Waals surface area contributed by atoms with Crippen molar-refractivity contribution in [1.29, 1.82) is 0 Å². The van der Waals surface area contributed by atoms with Gasteiger partial charge in [-0.25, -0.2) is 0 Å². The Morgan fingerprint density at radius 3 is 2.50 bits per heavy atom. The van der Waals surface area contributed by atoms with Gasteiger partial charge in [-0.3, -0.25) is 9.59 Å². The van der Waals surface area contributed by atoms with E-state index in [1.807, 2.05) is 43.3 Å². The summed E-state index contributed by atoms with van der Waals surface area (Å²) in [6, 6.07) is 13.2. The molecule has 0 aromatic heterocycles. The van der Waals surface area contributed by atoms with Crippen molar-refractivity contribution in [2.45, 2.75) is 6.92 Å². The van der Waals surface area contributed by atoms with E-state index in [2.05, 4.69) is 10.2 Å². The molecule has 3 rings (SSSR count). The fraction of sp³-hybridized carbons (Fsp3) is 0.300. The number of amides is 2.